The predicted molar refractivity (Wildman–Crippen MR) is 111 cm³/mol. The Morgan fingerprint density at radius 3 is 2.31 bits per heavy atom. The van der Waals surface area contributed by atoms with Crippen LogP contribution in [0, 0.1) is 0 Å². The number of benzene rings is 2. The third-order valence-electron chi connectivity index (χ3n) is 3.85. The minimum atomic E-state index is -3.50. The van der Waals surface area contributed by atoms with E-state index < -0.39 is 10.0 Å². The van der Waals surface area contributed by atoms with Crippen LogP contribution < -0.4 is 20.1 Å². The van der Waals surface area contributed by atoms with Crippen molar-refractivity contribution in [3.05, 3.63) is 60.2 Å². The summed E-state index contributed by atoms with van der Waals surface area (Å²) in [5, 5.41) is 5.34. The Morgan fingerprint density at radius 2 is 1.66 bits per heavy atom. The fraction of sp³-hybridized carbons (Fsp3) is 0.300. The highest BCUT2D eigenvalue weighted by atomic mass is 32.2. The van der Waals surface area contributed by atoms with Crippen LogP contribution in [-0.4, -0.2) is 45.7 Å². The molecule has 0 atom stereocenters. The molecule has 2 aromatic carbocycles. The molecule has 0 aliphatic heterocycles. The first kappa shape index (κ1) is 22.4. The van der Waals surface area contributed by atoms with Crippen LogP contribution >= 0.6 is 0 Å². The highest BCUT2D eigenvalue weighted by molar-refractivity contribution is 7.89. The Labute approximate surface area is 170 Å². The minimum Gasteiger partial charge on any atom is -0.492 e. The van der Waals surface area contributed by atoms with Gasteiger partial charge in [0.15, 0.2) is 0 Å². The lowest BCUT2D eigenvalue weighted by Gasteiger charge is -2.10. The molecule has 0 aromatic heterocycles. The van der Waals surface area contributed by atoms with Crippen LogP contribution in [0.15, 0.2) is 54.6 Å². The van der Waals surface area contributed by atoms with Crippen molar-refractivity contribution in [1.29, 1.82) is 0 Å². The molecule has 2 aromatic rings. The van der Waals surface area contributed by atoms with E-state index in [0.717, 1.165) is 0 Å². The summed E-state index contributed by atoms with van der Waals surface area (Å²) in [7, 11) is -3.50. The highest BCUT2D eigenvalue weighted by Crippen LogP contribution is 2.10. The molecule has 2 amide bonds. The molecule has 0 bridgehead atoms. The van der Waals surface area contributed by atoms with Crippen molar-refractivity contribution in [1.82, 2.24) is 10.0 Å². The fourth-order valence-corrected chi connectivity index (χ4v) is 3.16. The van der Waals surface area contributed by atoms with Crippen LogP contribution in [-0.2, 0) is 14.8 Å². The van der Waals surface area contributed by atoms with Gasteiger partial charge in [-0.1, -0.05) is 25.1 Å². The lowest BCUT2D eigenvalue weighted by Crippen LogP contribution is -2.36. The topological polar surface area (TPSA) is 114 Å². The zero-order chi connectivity index (χ0) is 21.1. The summed E-state index contributed by atoms with van der Waals surface area (Å²) in [6.45, 7) is 2.00. The molecule has 0 fully saturated rings. The van der Waals surface area contributed by atoms with Gasteiger partial charge in [-0.25, -0.2) is 13.1 Å². The fourth-order valence-electron chi connectivity index (χ4n) is 2.30. The van der Waals surface area contributed by atoms with Crippen LogP contribution in [0.1, 0.15) is 23.7 Å². The van der Waals surface area contributed by atoms with Gasteiger partial charge in [0, 0.05) is 30.8 Å². The first-order valence-electron chi connectivity index (χ1n) is 9.23. The van der Waals surface area contributed by atoms with Crippen molar-refractivity contribution in [2.75, 3.05) is 30.8 Å². The number of sulfonamides is 1. The van der Waals surface area contributed by atoms with Gasteiger partial charge in [0.05, 0.1) is 5.75 Å². The Hall–Kier alpha value is -2.91. The van der Waals surface area contributed by atoms with Crippen molar-refractivity contribution >= 4 is 27.5 Å². The summed E-state index contributed by atoms with van der Waals surface area (Å²) < 4.78 is 31.7. The van der Waals surface area contributed by atoms with Gasteiger partial charge in [-0.05, 0) is 36.4 Å². The second-order valence-electron chi connectivity index (χ2n) is 6.11. The average Bonchev–Trinajstić information content (AvgIpc) is 2.72. The van der Waals surface area contributed by atoms with Crippen molar-refractivity contribution in [3.63, 3.8) is 0 Å². The quantitative estimate of drug-likeness (QED) is 0.480. The molecule has 0 spiro atoms. The zero-order valence-electron chi connectivity index (χ0n) is 16.2. The van der Waals surface area contributed by atoms with Crippen molar-refractivity contribution in [2.24, 2.45) is 0 Å². The third-order valence-corrected chi connectivity index (χ3v) is 5.20. The summed E-state index contributed by atoms with van der Waals surface area (Å²) in [6.07, 6.45) is 0.372. The van der Waals surface area contributed by atoms with Gasteiger partial charge >= 0.3 is 0 Å². The number of hydrogen-bond donors (Lipinski definition) is 3. The Balaban J connectivity index is 1.68. The lowest BCUT2D eigenvalue weighted by atomic mass is 10.2. The molecule has 9 heteroatoms. The van der Waals surface area contributed by atoms with Crippen LogP contribution in [0.3, 0.4) is 0 Å². The molecule has 29 heavy (non-hydrogen) atoms. The number of hydrogen-bond acceptors (Lipinski definition) is 5. The Bertz CT molecular complexity index is 899. The summed E-state index contributed by atoms with van der Waals surface area (Å²) in [4.78, 5) is 23.4. The maximum atomic E-state index is 12.1. The second kappa shape index (κ2) is 11.2. The van der Waals surface area contributed by atoms with E-state index in [4.69, 9.17) is 4.74 Å². The van der Waals surface area contributed by atoms with Gasteiger partial charge in [0.2, 0.25) is 15.9 Å². The molecule has 3 N–H and O–H groups in total. The largest absolute Gasteiger partial charge is 0.492 e. The molecule has 0 heterocycles. The first-order valence-corrected chi connectivity index (χ1v) is 10.9. The summed E-state index contributed by atoms with van der Waals surface area (Å²) in [5.41, 5.74) is 1.03. The van der Waals surface area contributed by atoms with Crippen LogP contribution in [0.5, 0.6) is 5.75 Å². The van der Waals surface area contributed by atoms with E-state index in [9.17, 15) is 18.0 Å². The van der Waals surface area contributed by atoms with E-state index in [1.165, 1.54) is 0 Å². The summed E-state index contributed by atoms with van der Waals surface area (Å²) >= 11 is 0. The molecular formula is C20H25N3O5S. The second-order valence-corrected chi connectivity index (χ2v) is 8.04. The van der Waals surface area contributed by atoms with Crippen molar-refractivity contribution in [3.8, 4) is 5.75 Å². The number of carbonyl (C=O) groups excluding carboxylic acids is 2. The van der Waals surface area contributed by atoms with E-state index in [-0.39, 0.29) is 37.3 Å². The van der Waals surface area contributed by atoms with Crippen LogP contribution in [0.25, 0.3) is 0 Å². The van der Waals surface area contributed by atoms with E-state index in [2.05, 4.69) is 15.4 Å². The predicted octanol–water partition coefficient (Wildman–Crippen LogP) is 1.76. The molecule has 0 radical (unpaired) electrons. The van der Waals surface area contributed by atoms with Gasteiger partial charge in [-0.3, -0.25) is 9.59 Å². The summed E-state index contributed by atoms with van der Waals surface area (Å²) in [6, 6.07) is 15.4. The third kappa shape index (κ3) is 8.32. The Kier molecular flexibility index (Phi) is 8.63. The first-order chi connectivity index (χ1) is 13.9. The molecule has 0 aliphatic rings. The average molecular weight is 420 g/mol. The molecule has 0 unspecified atom stereocenters. The van der Waals surface area contributed by atoms with E-state index in [1.54, 1.807) is 55.5 Å². The van der Waals surface area contributed by atoms with Gasteiger partial charge < -0.3 is 15.4 Å². The molecule has 0 aliphatic carbocycles. The van der Waals surface area contributed by atoms with Crippen molar-refractivity contribution in [2.45, 2.75) is 13.3 Å². The zero-order valence-corrected chi connectivity index (χ0v) is 17.0. The van der Waals surface area contributed by atoms with E-state index in [1.807, 2.05) is 6.07 Å². The number of ether oxygens (including phenoxy) is 1. The van der Waals surface area contributed by atoms with Gasteiger partial charge in [-0.15, -0.1) is 0 Å². The molecule has 8 nitrogen and oxygen atoms in total. The van der Waals surface area contributed by atoms with Crippen LogP contribution in [0.4, 0.5) is 5.69 Å². The monoisotopic (exact) mass is 419 g/mol. The van der Waals surface area contributed by atoms with Gasteiger partial charge in [-0.2, -0.15) is 0 Å². The van der Waals surface area contributed by atoms with Gasteiger partial charge in [0.1, 0.15) is 12.4 Å². The molecular weight excluding hydrogens is 394 g/mol. The number of rotatable bonds is 11. The number of para-hydroxylation sites is 1. The van der Waals surface area contributed by atoms with Gasteiger partial charge in [0.25, 0.3) is 5.91 Å². The minimum absolute atomic E-state index is 0.0343. The Morgan fingerprint density at radius 1 is 0.966 bits per heavy atom. The number of amides is 2. The van der Waals surface area contributed by atoms with Crippen LogP contribution in [0.2, 0.25) is 0 Å². The van der Waals surface area contributed by atoms with E-state index >= 15 is 0 Å². The number of carbonyl (C=O) groups is 2. The standard InChI is InChI=1S/C20H25N3O5S/c1-2-19(24)23-17-10-8-16(9-11-17)20(25)21-12-13-22-29(26,27)15-14-28-18-6-4-3-5-7-18/h3-11,22H,2,12-15H2,1H3,(H,21,25)(H,23,24). The molecule has 0 saturated heterocycles. The van der Waals surface area contributed by atoms with Crippen molar-refractivity contribution < 1.29 is 22.7 Å². The maximum absolute atomic E-state index is 12.1. The number of nitrogens with one attached hydrogen (secondary N) is 3. The lowest BCUT2D eigenvalue weighted by molar-refractivity contribution is -0.115. The molecule has 2 rings (SSSR count). The highest BCUT2D eigenvalue weighted by Gasteiger charge is 2.11. The SMILES string of the molecule is CCC(=O)Nc1ccc(C(=O)NCCNS(=O)(=O)CCOc2ccccc2)cc1. The molecule has 156 valence electrons. The summed E-state index contributed by atoms with van der Waals surface area (Å²) in [5.74, 6) is -0.00953. The smallest absolute Gasteiger partial charge is 0.251 e. The maximum Gasteiger partial charge on any atom is 0.251 e. The van der Waals surface area contributed by atoms with E-state index in [0.29, 0.717) is 23.4 Å². The normalized spacial score (nSPS) is 10.9. The number of anilines is 1. The molecule has 0 saturated carbocycles.